The fourth-order valence-corrected chi connectivity index (χ4v) is 2.04. The molecule has 1 aromatic heterocycles. The van der Waals surface area contributed by atoms with Crippen molar-refractivity contribution in [3.8, 4) is 11.5 Å². The first-order valence-corrected chi connectivity index (χ1v) is 7.15. The molecule has 0 aliphatic heterocycles. The third-order valence-corrected chi connectivity index (χ3v) is 3.28. The molecule has 2 aromatic rings. The molecule has 0 aliphatic carbocycles. The highest BCUT2D eigenvalue weighted by atomic mass is 16.5. The average molecular weight is 317 g/mol. The van der Waals surface area contributed by atoms with E-state index in [1.54, 1.807) is 36.6 Å². The quantitative estimate of drug-likeness (QED) is 0.795. The zero-order valence-electron chi connectivity index (χ0n) is 13.3. The largest absolute Gasteiger partial charge is 0.493 e. The second kappa shape index (κ2) is 7.49. The van der Waals surface area contributed by atoms with E-state index in [0.29, 0.717) is 22.8 Å². The Morgan fingerprint density at radius 1 is 1.26 bits per heavy atom. The lowest BCUT2D eigenvalue weighted by Gasteiger charge is -2.14. The van der Waals surface area contributed by atoms with Crippen LogP contribution in [0.2, 0.25) is 0 Å². The first-order valence-electron chi connectivity index (χ1n) is 7.15. The molecule has 0 bridgehead atoms. The minimum Gasteiger partial charge on any atom is -0.493 e. The van der Waals surface area contributed by atoms with Crippen LogP contribution in [-0.2, 0) is 4.79 Å². The number of benzene rings is 1. The Balaban J connectivity index is 1.95. The number of Topliss-reactive ketones (excluding diaryl/α,β-unsaturated/α-hetero) is 1. The van der Waals surface area contributed by atoms with Crippen LogP contribution >= 0.6 is 0 Å². The van der Waals surface area contributed by atoms with Gasteiger partial charge in [0, 0.05) is 5.56 Å². The van der Waals surface area contributed by atoms with E-state index in [1.807, 2.05) is 6.92 Å². The second-order valence-corrected chi connectivity index (χ2v) is 5.02. The average Bonchev–Trinajstić information content (AvgIpc) is 3.07. The van der Waals surface area contributed by atoms with Crippen LogP contribution in [0.25, 0.3) is 0 Å². The summed E-state index contributed by atoms with van der Waals surface area (Å²) in [6, 6.07) is 8.12. The Morgan fingerprint density at radius 2 is 2.04 bits per heavy atom. The molecule has 6 heteroatoms. The van der Waals surface area contributed by atoms with E-state index in [-0.39, 0.29) is 24.3 Å². The number of furan rings is 1. The Labute approximate surface area is 134 Å². The molecule has 0 radical (unpaired) electrons. The van der Waals surface area contributed by atoms with Gasteiger partial charge in [-0.3, -0.25) is 9.59 Å². The molecular weight excluding hydrogens is 298 g/mol. The summed E-state index contributed by atoms with van der Waals surface area (Å²) in [5.41, 5.74) is 0.519. The number of methoxy groups -OCH3 is 1. The normalized spacial score (nSPS) is 11.6. The minimum absolute atomic E-state index is 0.0696. The van der Waals surface area contributed by atoms with Gasteiger partial charge in [-0.2, -0.15) is 0 Å². The van der Waals surface area contributed by atoms with Crippen molar-refractivity contribution in [1.29, 1.82) is 0 Å². The maximum atomic E-state index is 11.9. The van der Waals surface area contributed by atoms with Gasteiger partial charge in [0.2, 0.25) is 0 Å². The van der Waals surface area contributed by atoms with Crippen molar-refractivity contribution in [2.75, 3.05) is 13.7 Å². The number of hydrogen-bond donors (Lipinski definition) is 1. The van der Waals surface area contributed by atoms with Crippen LogP contribution in [0.3, 0.4) is 0 Å². The van der Waals surface area contributed by atoms with Crippen molar-refractivity contribution in [1.82, 2.24) is 5.32 Å². The molecular formula is C17H19NO5. The van der Waals surface area contributed by atoms with Crippen LogP contribution in [0.1, 0.15) is 36.0 Å². The summed E-state index contributed by atoms with van der Waals surface area (Å²) >= 11 is 0. The first kappa shape index (κ1) is 16.6. The van der Waals surface area contributed by atoms with Gasteiger partial charge in [-0.15, -0.1) is 0 Å². The van der Waals surface area contributed by atoms with Gasteiger partial charge in [0.25, 0.3) is 5.91 Å². The molecule has 1 aromatic carbocycles. The fourth-order valence-electron chi connectivity index (χ4n) is 2.04. The van der Waals surface area contributed by atoms with Gasteiger partial charge in [0.15, 0.2) is 23.9 Å². The van der Waals surface area contributed by atoms with E-state index in [0.717, 1.165) is 0 Å². The van der Waals surface area contributed by atoms with Gasteiger partial charge in [0.05, 0.1) is 19.4 Å². The van der Waals surface area contributed by atoms with Gasteiger partial charge < -0.3 is 19.2 Å². The van der Waals surface area contributed by atoms with E-state index >= 15 is 0 Å². The zero-order chi connectivity index (χ0) is 16.8. The third kappa shape index (κ3) is 4.35. The number of carbonyl (C=O) groups excluding carboxylic acids is 2. The number of ketones is 1. The Morgan fingerprint density at radius 3 is 2.65 bits per heavy atom. The van der Waals surface area contributed by atoms with Crippen LogP contribution in [-0.4, -0.2) is 25.4 Å². The molecule has 0 spiro atoms. The summed E-state index contributed by atoms with van der Waals surface area (Å²) in [6.07, 6.45) is 1.55. The van der Waals surface area contributed by atoms with E-state index in [4.69, 9.17) is 13.9 Å². The summed E-state index contributed by atoms with van der Waals surface area (Å²) in [4.78, 5) is 23.3. The van der Waals surface area contributed by atoms with Crippen molar-refractivity contribution in [2.45, 2.75) is 19.9 Å². The van der Waals surface area contributed by atoms with Crippen LogP contribution in [0.4, 0.5) is 0 Å². The van der Waals surface area contributed by atoms with Crippen molar-refractivity contribution in [2.24, 2.45) is 0 Å². The molecule has 2 rings (SSSR count). The summed E-state index contributed by atoms with van der Waals surface area (Å²) in [7, 11) is 1.48. The predicted molar refractivity (Wildman–Crippen MR) is 83.8 cm³/mol. The highest BCUT2D eigenvalue weighted by Crippen LogP contribution is 2.28. The Kier molecular flexibility index (Phi) is 5.41. The van der Waals surface area contributed by atoms with Gasteiger partial charge in [-0.1, -0.05) is 0 Å². The van der Waals surface area contributed by atoms with Crippen LogP contribution in [0.5, 0.6) is 11.5 Å². The molecule has 6 nitrogen and oxygen atoms in total. The number of carbonyl (C=O) groups is 2. The SMILES string of the molecule is COc1cc(C(C)=O)ccc1OCC(=O)NC(C)c1ccco1. The fraction of sp³-hybridized carbons (Fsp3) is 0.294. The van der Waals surface area contributed by atoms with E-state index in [1.165, 1.54) is 14.0 Å². The van der Waals surface area contributed by atoms with Crippen molar-refractivity contribution < 1.29 is 23.5 Å². The maximum Gasteiger partial charge on any atom is 0.258 e. The topological polar surface area (TPSA) is 77.8 Å². The number of amides is 1. The van der Waals surface area contributed by atoms with Gasteiger partial charge in [0.1, 0.15) is 5.76 Å². The van der Waals surface area contributed by atoms with Crippen LogP contribution < -0.4 is 14.8 Å². The standard InChI is InChI=1S/C17H19NO5/c1-11(14-5-4-8-22-14)18-17(20)10-23-15-7-6-13(12(2)19)9-16(15)21-3/h4-9,11H,10H2,1-3H3,(H,18,20). The number of nitrogens with one attached hydrogen (secondary N) is 1. The second-order valence-electron chi connectivity index (χ2n) is 5.02. The molecule has 0 saturated carbocycles. The predicted octanol–water partition coefficient (Wildman–Crippen LogP) is 2.75. The van der Waals surface area contributed by atoms with Gasteiger partial charge in [-0.05, 0) is 44.2 Å². The minimum atomic E-state index is -0.286. The lowest BCUT2D eigenvalue weighted by atomic mass is 10.1. The van der Waals surface area contributed by atoms with Crippen molar-refractivity contribution >= 4 is 11.7 Å². The highest BCUT2D eigenvalue weighted by Gasteiger charge is 2.14. The van der Waals surface area contributed by atoms with Crippen molar-refractivity contribution in [3.63, 3.8) is 0 Å². The van der Waals surface area contributed by atoms with Gasteiger partial charge in [-0.25, -0.2) is 0 Å². The van der Waals surface area contributed by atoms with E-state index in [9.17, 15) is 9.59 Å². The number of hydrogen-bond acceptors (Lipinski definition) is 5. The molecule has 1 amide bonds. The molecule has 23 heavy (non-hydrogen) atoms. The Bertz CT molecular complexity index is 678. The molecule has 0 aliphatic rings. The van der Waals surface area contributed by atoms with Gasteiger partial charge >= 0.3 is 0 Å². The molecule has 0 fully saturated rings. The lowest BCUT2D eigenvalue weighted by Crippen LogP contribution is -2.31. The lowest BCUT2D eigenvalue weighted by molar-refractivity contribution is -0.123. The summed E-state index contributed by atoms with van der Waals surface area (Å²) < 4.78 is 15.9. The summed E-state index contributed by atoms with van der Waals surface area (Å²) in [5.74, 6) is 1.12. The molecule has 122 valence electrons. The summed E-state index contributed by atoms with van der Waals surface area (Å²) in [6.45, 7) is 3.12. The van der Waals surface area contributed by atoms with Crippen LogP contribution in [0.15, 0.2) is 41.0 Å². The first-order chi connectivity index (χ1) is 11.0. The monoisotopic (exact) mass is 317 g/mol. The highest BCUT2D eigenvalue weighted by molar-refractivity contribution is 5.94. The summed E-state index contributed by atoms with van der Waals surface area (Å²) in [5, 5.41) is 2.77. The maximum absolute atomic E-state index is 11.9. The van der Waals surface area contributed by atoms with E-state index < -0.39 is 0 Å². The molecule has 1 N–H and O–H groups in total. The number of ether oxygens (including phenoxy) is 2. The molecule has 1 atom stereocenters. The molecule has 1 unspecified atom stereocenters. The van der Waals surface area contributed by atoms with Crippen molar-refractivity contribution in [3.05, 3.63) is 47.9 Å². The van der Waals surface area contributed by atoms with Crippen LogP contribution in [0, 0.1) is 0 Å². The molecule has 1 heterocycles. The Hall–Kier alpha value is -2.76. The van der Waals surface area contributed by atoms with E-state index in [2.05, 4.69) is 5.32 Å². The third-order valence-electron chi connectivity index (χ3n) is 3.28. The molecule has 0 saturated heterocycles. The smallest absolute Gasteiger partial charge is 0.258 e. The number of rotatable bonds is 7. The zero-order valence-corrected chi connectivity index (χ0v) is 13.3.